The Balaban J connectivity index is 1.65. The molecular formula is C23H25F2N3O4. The van der Waals surface area contributed by atoms with Gasteiger partial charge in [-0.3, -0.25) is 5.10 Å². The van der Waals surface area contributed by atoms with Crippen LogP contribution in [0.5, 0.6) is 5.88 Å². The molecule has 0 radical (unpaired) electrons. The Morgan fingerprint density at radius 2 is 2.03 bits per heavy atom. The molecule has 1 aliphatic rings. The van der Waals surface area contributed by atoms with Crippen molar-refractivity contribution in [1.82, 2.24) is 15.1 Å². The van der Waals surface area contributed by atoms with Crippen molar-refractivity contribution >= 4 is 17.0 Å². The maximum Gasteiger partial charge on any atom is 0.410 e. The van der Waals surface area contributed by atoms with Crippen LogP contribution in [0.2, 0.25) is 0 Å². The first-order valence-electron chi connectivity index (χ1n) is 10.4. The van der Waals surface area contributed by atoms with Gasteiger partial charge in [0.25, 0.3) is 0 Å². The molecule has 0 spiro atoms. The van der Waals surface area contributed by atoms with Crippen LogP contribution >= 0.6 is 0 Å². The van der Waals surface area contributed by atoms with E-state index in [0.29, 0.717) is 17.4 Å². The minimum Gasteiger partial charge on any atom is -0.465 e. The molecule has 32 heavy (non-hydrogen) atoms. The fraction of sp³-hybridized carbons (Fsp3) is 0.391. The highest BCUT2D eigenvalue weighted by Crippen LogP contribution is 2.33. The topological polar surface area (TPSA) is 76.7 Å². The number of halogens is 2. The van der Waals surface area contributed by atoms with E-state index >= 15 is 0 Å². The third-order valence-electron chi connectivity index (χ3n) is 5.02. The molecule has 4 rings (SSSR count). The molecule has 1 unspecified atom stereocenters. The number of fused-ring (bicyclic) bond motifs is 1. The summed E-state index contributed by atoms with van der Waals surface area (Å²) >= 11 is 0. The summed E-state index contributed by atoms with van der Waals surface area (Å²) < 4.78 is 46.0. The summed E-state index contributed by atoms with van der Waals surface area (Å²) in [4.78, 5) is 14.1. The molecule has 0 aliphatic carbocycles. The average molecular weight is 445 g/mol. The fourth-order valence-electron chi connectivity index (χ4n) is 3.57. The molecule has 1 aliphatic heterocycles. The Morgan fingerprint density at radius 1 is 1.25 bits per heavy atom. The number of carbonyl (C=O) groups excluding carboxylic acids is 1. The number of morpholine rings is 1. The van der Waals surface area contributed by atoms with Crippen molar-refractivity contribution in [3.05, 3.63) is 59.7 Å². The van der Waals surface area contributed by atoms with Gasteiger partial charge < -0.3 is 19.1 Å². The molecule has 170 valence electrons. The van der Waals surface area contributed by atoms with E-state index in [4.69, 9.17) is 14.2 Å². The smallest absolute Gasteiger partial charge is 0.410 e. The molecular weight excluding hydrogens is 420 g/mol. The highest BCUT2D eigenvalue weighted by Gasteiger charge is 2.36. The molecule has 2 heterocycles. The highest BCUT2D eigenvalue weighted by atomic mass is 19.1. The van der Waals surface area contributed by atoms with Crippen molar-refractivity contribution in [1.29, 1.82) is 0 Å². The van der Waals surface area contributed by atoms with E-state index in [-0.39, 0.29) is 24.6 Å². The van der Waals surface area contributed by atoms with Gasteiger partial charge in [0.05, 0.1) is 24.1 Å². The van der Waals surface area contributed by atoms with Gasteiger partial charge in [-0.25, -0.2) is 13.6 Å². The van der Waals surface area contributed by atoms with Crippen molar-refractivity contribution in [2.45, 2.75) is 38.6 Å². The first kappa shape index (κ1) is 22.0. The van der Waals surface area contributed by atoms with Crippen LogP contribution in [0.25, 0.3) is 10.9 Å². The Labute approximate surface area is 184 Å². The zero-order valence-electron chi connectivity index (χ0n) is 18.1. The minimum absolute atomic E-state index is 0.116. The van der Waals surface area contributed by atoms with Crippen LogP contribution in [0, 0.1) is 11.6 Å². The number of rotatable bonds is 4. The second kappa shape index (κ2) is 8.74. The van der Waals surface area contributed by atoms with Crippen LogP contribution in [0.4, 0.5) is 13.6 Å². The summed E-state index contributed by atoms with van der Waals surface area (Å²) in [5, 5.41) is 7.34. The average Bonchev–Trinajstić information content (AvgIpc) is 3.13. The first-order chi connectivity index (χ1) is 15.2. The molecule has 1 fully saturated rings. The van der Waals surface area contributed by atoms with E-state index in [2.05, 4.69) is 10.2 Å². The lowest BCUT2D eigenvalue weighted by Gasteiger charge is -2.37. The second-order valence-corrected chi connectivity index (χ2v) is 8.61. The monoisotopic (exact) mass is 445 g/mol. The predicted octanol–water partition coefficient (Wildman–Crippen LogP) is 4.60. The normalized spacial score (nSPS) is 17.9. The molecule has 1 aromatic heterocycles. The van der Waals surface area contributed by atoms with Gasteiger partial charge in [-0.2, -0.15) is 0 Å². The number of nitrogens with one attached hydrogen (secondary N) is 1. The molecule has 2 aromatic carbocycles. The Kier molecular flexibility index (Phi) is 6.01. The van der Waals surface area contributed by atoms with Gasteiger partial charge in [0.1, 0.15) is 23.3 Å². The van der Waals surface area contributed by atoms with Crippen molar-refractivity contribution in [2.75, 3.05) is 19.7 Å². The lowest BCUT2D eigenvalue weighted by Crippen LogP contribution is -2.50. The number of benzene rings is 2. The number of ether oxygens (including phenoxy) is 3. The van der Waals surface area contributed by atoms with Gasteiger partial charge >= 0.3 is 6.09 Å². The lowest BCUT2D eigenvalue weighted by atomic mass is 10.0. The van der Waals surface area contributed by atoms with Gasteiger partial charge in [-0.05, 0) is 45.0 Å². The zero-order valence-corrected chi connectivity index (χ0v) is 18.1. The van der Waals surface area contributed by atoms with Crippen LogP contribution in [-0.4, -0.2) is 52.6 Å². The van der Waals surface area contributed by atoms with E-state index in [0.717, 1.165) is 0 Å². The van der Waals surface area contributed by atoms with Crippen LogP contribution in [0.1, 0.15) is 32.4 Å². The van der Waals surface area contributed by atoms with Gasteiger partial charge in [-0.15, -0.1) is 5.10 Å². The van der Waals surface area contributed by atoms with E-state index < -0.39 is 35.5 Å². The maximum absolute atomic E-state index is 14.8. The van der Waals surface area contributed by atoms with Crippen molar-refractivity contribution in [3.8, 4) is 5.88 Å². The van der Waals surface area contributed by atoms with Crippen molar-refractivity contribution < 1.29 is 27.8 Å². The van der Waals surface area contributed by atoms with Gasteiger partial charge in [0.15, 0.2) is 6.10 Å². The van der Waals surface area contributed by atoms with Gasteiger partial charge in [0, 0.05) is 12.1 Å². The van der Waals surface area contributed by atoms with Crippen LogP contribution in [0.15, 0.2) is 42.5 Å². The van der Waals surface area contributed by atoms with Crippen LogP contribution < -0.4 is 4.74 Å². The van der Waals surface area contributed by atoms with E-state index in [1.807, 2.05) is 0 Å². The number of hydrogen-bond donors (Lipinski definition) is 1. The Hall–Kier alpha value is -3.20. The standard InChI is InChI=1S/C23H25F2N3O4/c1-23(2,3)32-22(29)28-10-11-30-19(13-28)20(15-6-4-5-7-17(15)25)31-21-16-12-14(24)8-9-18(16)26-27-21/h4-9,12,19-20H,10-11,13H2,1-3H3,(H,26,27)/t19-,20?/m0/s1. The Morgan fingerprint density at radius 3 is 2.78 bits per heavy atom. The third kappa shape index (κ3) is 4.83. The van der Waals surface area contributed by atoms with Gasteiger partial charge in [0.2, 0.25) is 5.88 Å². The molecule has 7 nitrogen and oxygen atoms in total. The number of nitrogens with zero attached hydrogens (tertiary/aromatic N) is 2. The first-order valence-corrected chi connectivity index (χ1v) is 10.4. The summed E-state index contributed by atoms with van der Waals surface area (Å²) in [5.41, 5.74) is 0.175. The predicted molar refractivity (Wildman–Crippen MR) is 113 cm³/mol. The second-order valence-electron chi connectivity index (χ2n) is 8.61. The molecule has 0 bridgehead atoms. The van der Waals surface area contributed by atoms with Crippen molar-refractivity contribution in [2.24, 2.45) is 0 Å². The lowest BCUT2D eigenvalue weighted by molar-refractivity contribution is -0.0849. The number of aromatic amines is 1. The molecule has 1 saturated heterocycles. The summed E-state index contributed by atoms with van der Waals surface area (Å²) in [6, 6.07) is 10.3. The molecule has 1 amide bonds. The zero-order chi connectivity index (χ0) is 22.9. The number of aromatic nitrogens is 2. The largest absolute Gasteiger partial charge is 0.465 e. The maximum atomic E-state index is 14.8. The fourth-order valence-corrected chi connectivity index (χ4v) is 3.57. The van der Waals surface area contributed by atoms with Crippen LogP contribution in [0.3, 0.4) is 0 Å². The SMILES string of the molecule is CC(C)(C)OC(=O)N1CCO[C@H](C(Oc2n[nH]c3ccc(F)cc23)c2ccccc2F)C1. The number of hydrogen-bond acceptors (Lipinski definition) is 5. The van der Waals surface area contributed by atoms with E-state index in [1.54, 1.807) is 45.0 Å². The third-order valence-corrected chi connectivity index (χ3v) is 5.02. The minimum atomic E-state index is -0.934. The van der Waals surface area contributed by atoms with E-state index in [9.17, 15) is 13.6 Å². The Bertz CT molecular complexity index is 1110. The summed E-state index contributed by atoms with van der Waals surface area (Å²) in [5.74, 6) is -0.816. The summed E-state index contributed by atoms with van der Waals surface area (Å²) in [7, 11) is 0. The van der Waals surface area contributed by atoms with Crippen LogP contribution in [-0.2, 0) is 9.47 Å². The molecule has 9 heteroatoms. The molecule has 0 saturated carbocycles. The van der Waals surface area contributed by atoms with E-state index in [1.165, 1.54) is 23.1 Å². The quantitative estimate of drug-likeness (QED) is 0.635. The molecule has 2 atom stereocenters. The summed E-state index contributed by atoms with van der Waals surface area (Å²) in [6.45, 7) is 6.06. The summed E-state index contributed by atoms with van der Waals surface area (Å²) in [6.07, 6.45) is -2.12. The number of amides is 1. The number of H-pyrrole nitrogens is 1. The van der Waals surface area contributed by atoms with Gasteiger partial charge in [-0.1, -0.05) is 18.2 Å². The van der Waals surface area contributed by atoms with Crippen molar-refractivity contribution in [3.63, 3.8) is 0 Å². The molecule has 3 aromatic rings. The molecule has 1 N–H and O–H groups in total. The highest BCUT2D eigenvalue weighted by molar-refractivity contribution is 5.83. The number of carbonyl (C=O) groups is 1.